The molecule has 0 radical (unpaired) electrons. The molecule has 2 fully saturated rings. The summed E-state index contributed by atoms with van der Waals surface area (Å²) < 4.78 is 0. The fourth-order valence-corrected chi connectivity index (χ4v) is 4.78. The van der Waals surface area contributed by atoms with Crippen molar-refractivity contribution in [1.82, 2.24) is 14.7 Å². The molecule has 7 heteroatoms. The molecular formula is C23H29N3O4. The highest BCUT2D eigenvalue weighted by Crippen LogP contribution is 2.27. The maximum absolute atomic E-state index is 13.0. The zero-order valence-electron chi connectivity index (χ0n) is 17.7. The number of carbonyl (C=O) groups is 4. The van der Waals surface area contributed by atoms with Gasteiger partial charge < -0.3 is 9.80 Å². The summed E-state index contributed by atoms with van der Waals surface area (Å²) in [6.45, 7) is 5.65. The van der Waals surface area contributed by atoms with Gasteiger partial charge in [-0.05, 0) is 44.9 Å². The highest BCUT2D eigenvalue weighted by molar-refractivity contribution is 6.22. The first-order valence-electron chi connectivity index (χ1n) is 11.0. The van der Waals surface area contributed by atoms with E-state index >= 15 is 0 Å². The molecule has 4 amide bonds. The van der Waals surface area contributed by atoms with Gasteiger partial charge in [0.05, 0.1) is 11.1 Å². The van der Waals surface area contributed by atoms with E-state index in [1.165, 1.54) is 11.3 Å². The maximum atomic E-state index is 13.0. The lowest BCUT2D eigenvalue weighted by Gasteiger charge is -2.37. The Bertz CT molecular complexity index is 880. The van der Waals surface area contributed by atoms with Crippen LogP contribution in [0.4, 0.5) is 0 Å². The molecule has 0 bridgehead atoms. The monoisotopic (exact) mass is 411 g/mol. The first-order valence-corrected chi connectivity index (χ1v) is 11.0. The molecule has 1 aromatic carbocycles. The van der Waals surface area contributed by atoms with Crippen LogP contribution in [-0.4, -0.2) is 70.5 Å². The van der Waals surface area contributed by atoms with Crippen molar-refractivity contribution >= 4 is 23.6 Å². The maximum Gasteiger partial charge on any atom is 0.261 e. The van der Waals surface area contributed by atoms with Gasteiger partial charge in [-0.1, -0.05) is 19.3 Å². The average Bonchev–Trinajstić information content (AvgIpc) is 3.03. The molecule has 0 atom stereocenters. The molecule has 2 aliphatic heterocycles. The second kappa shape index (κ2) is 8.20. The van der Waals surface area contributed by atoms with E-state index in [0.29, 0.717) is 42.9 Å². The molecule has 7 nitrogen and oxygen atoms in total. The second-order valence-corrected chi connectivity index (χ2v) is 8.79. The normalized spacial score (nSPS) is 20.2. The highest BCUT2D eigenvalue weighted by Gasteiger charge is 2.38. The topological polar surface area (TPSA) is 78.0 Å². The van der Waals surface area contributed by atoms with E-state index < -0.39 is 0 Å². The fraction of sp³-hybridized carbons (Fsp3) is 0.565. The molecule has 30 heavy (non-hydrogen) atoms. The zero-order valence-corrected chi connectivity index (χ0v) is 17.7. The van der Waals surface area contributed by atoms with Gasteiger partial charge >= 0.3 is 0 Å². The van der Waals surface area contributed by atoms with E-state index in [4.69, 9.17) is 0 Å². The Morgan fingerprint density at radius 2 is 1.47 bits per heavy atom. The lowest BCUT2D eigenvalue weighted by molar-refractivity contribution is -0.138. The Hall–Kier alpha value is -2.70. The van der Waals surface area contributed by atoms with Gasteiger partial charge in [-0.3, -0.25) is 24.1 Å². The van der Waals surface area contributed by atoms with Crippen LogP contribution in [0.25, 0.3) is 0 Å². The standard InChI is InChI=1S/C23H29N3O4/c1-15(2)26-22(29)18-9-8-17(14-19(18)23(26)30)21(28)25-12-10-24(11-13-25)20(27)16-6-4-3-5-7-16/h8-9,14-16H,3-7,10-13H2,1-2H3. The van der Waals surface area contributed by atoms with Crippen LogP contribution in [0.1, 0.15) is 77.0 Å². The number of amides is 4. The summed E-state index contributed by atoms with van der Waals surface area (Å²) in [5.74, 6) is -0.436. The third-order valence-corrected chi connectivity index (χ3v) is 6.51. The predicted octanol–water partition coefficient (Wildman–Crippen LogP) is 2.56. The summed E-state index contributed by atoms with van der Waals surface area (Å²) in [7, 11) is 0. The van der Waals surface area contributed by atoms with Gasteiger partial charge in [0.1, 0.15) is 0 Å². The van der Waals surface area contributed by atoms with E-state index in [-0.39, 0.29) is 35.6 Å². The predicted molar refractivity (Wildman–Crippen MR) is 111 cm³/mol. The third kappa shape index (κ3) is 3.61. The number of imide groups is 1. The van der Waals surface area contributed by atoms with Crippen LogP contribution in [0.5, 0.6) is 0 Å². The van der Waals surface area contributed by atoms with Crippen molar-refractivity contribution in [2.75, 3.05) is 26.2 Å². The minimum absolute atomic E-state index is 0.144. The Morgan fingerprint density at radius 3 is 2.10 bits per heavy atom. The van der Waals surface area contributed by atoms with Crippen molar-refractivity contribution in [2.24, 2.45) is 5.92 Å². The largest absolute Gasteiger partial charge is 0.339 e. The molecule has 1 aromatic rings. The van der Waals surface area contributed by atoms with Crippen molar-refractivity contribution in [3.63, 3.8) is 0 Å². The first kappa shape index (κ1) is 20.6. The Labute approximate surface area is 177 Å². The number of piperazine rings is 1. The molecule has 160 valence electrons. The number of nitrogens with zero attached hydrogens (tertiary/aromatic N) is 3. The van der Waals surface area contributed by atoms with Gasteiger partial charge in [0.2, 0.25) is 5.91 Å². The van der Waals surface area contributed by atoms with Crippen LogP contribution in [-0.2, 0) is 4.79 Å². The van der Waals surface area contributed by atoms with Crippen molar-refractivity contribution in [1.29, 1.82) is 0 Å². The van der Waals surface area contributed by atoms with Crippen LogP contribution in [0.2, 0.25) is 0 Å². The minimum atomic E-state index is -0.345. The van der Waals surface area contributed by atoms with Gasteiger partial charge in [0.15, 0.2) is 0 Å². The summed E-state index contributed by atoms with van der Waals surface area (Å²) in [6, 6.07) is 4.51. The van der Waals surface area contributed by atoms with Gasteiger partial charge in [-0.25, -0.2) is 0 Å². The number of carbonyl (C=O) groups excluding carboxylic acids is 4. The van der Waals surface area contributed by atoms with E-state index in [1.807, 2.05) is 4.90 Å². The van der Waals surface area contributed by atoms with Gasteiger partial charge in [-0.2, -0.15) is 0 Å². The molecule has 1 saturated carbocycles. The van der Waals surface area contributed by atoms with Crippen LogP contribution in [0, 0.1) is 5.92 Å². The number of benzene rings is 1. The van der Waals surface area contributed by atoms with Crippen molar-refractivity contribution in [3.8, 4) is 0 Å². The third-order valence-electron chi connectivity index (χ3n) is 6.51. The minimum Gasteiger partial charge on any atom is -0.339 e. The number of hydrogen-bond acceptors (Lipinski definition) is 4. The number of rotatable bonds is 3. The van der Waals surface area contributed by atoms with Crippen LogP contribution < -0.4 is 0 Å². The summed E-state index contributed by atoms with van der Waals surface area (Å²) in [6.07, 6.45) is 5.43. The quantitative estimate of drug-likeness (QED) is 0.716. The Kier molecular flexibility index (Phi) is 5.62. The average molecular weight is 412 g/mol. The van der Waals surface area contributed by atoms with Crippen LogP contribution in [0.15, 0.2) is 18.2 Å². The van der Waals surface area contributed by atoms with Crippen LogP contribution >= 0.6 is 0 Å². The van der Waals surface area contributed by atoms with E-state index in [0.717, 1.165) is 25.7 Å². The van der Waals surface area contributed by atoms with Gasteiger partial charge in [-0.15, -0.1) is 0 Å². The van der Waals surface area contributed by atoms with Crippen molar-refractivity contribution in [3.05, 3.63) is 34.9 Å². The van der Waals surface area contributed by atoms with E-state index in [2.05, 4.69) is 0 Å². The SMILES string of the molecule is CC(C)N1C(=O)c2ccc(C(=O)N3CCN(C(=O)C4CCCCC4)CC3)cc2C1=O. The molecule has 2 heterocycles. The molecule has 0 N–H and O–H groups in total. The lowest BCUT2D eigenvalue weighted by Crippen LogP contribution is -2.52. The molecule has 0 aromatic heterocycles. The Balaban J connectivity index is 1.41. The molecule has 4 rings (SSSR count). The second-order valence-electron chi connectivity index (χ2n) is 8.79. The van der Waals surface area contributed by atoms with E-state index in [1.54, 1.807) is 36.9 Å². The van der Waals surface area contributed by atoms with Crippen molar-refractivity contribution in [2.45, 2.75) is 52.0 Å². The first-order chi connectivity index (χ1) is 14.4. The molecule has 0 unspecified atom stereocenters. The van der Waals surface area contributed by atoms with Gasteiger partial charge in [0.25, 0.3) is 17.7 Å². The number of hydrogen-bond donors (Lipinski definition) is 0. The van der Waals surface area contributed by atoms with E-state index in [9.17, 15) is 19.2 Å². The smallest absolute Gasteiger partial charge is 0.261 e. The van der Waals surface area contributed by atoms with Crippen LogP contribution in [0.3, 0.4) is 0 Å². The highest BCUT2D eigenvalue weighted by atomic mass is 16.2. The molecular weight excluding hydrogens is 382 g/mol. The molecule has 1 aliphatic carbocycles. The van der Waals surface area contributed by atoms with Gasteiger partial charge in [0, 0.05) is 43.7 Å². The molecule has 0 spiro atoms. The van der Waals surface area contributed by atoms with Crippen molar-refractivity contribution < 1.29 is 19.2 Å². The lowest BCUT2D eigenvalue weighted by atomic mass is 9.88. The summed E-state index contributed by atoms with van der Waals surface area (Å²) in [4.78, 5) is 55.6. The fourth-order valence-electron chi connectivity index (χ4n) is 4.78. The Morgan fingerprint density at radius 1 is 0.867 bits per heavy atom. The summed E-state index contributed by atoms with van der Waals surface area (Å²) >= 11 is 0. The zero-order chi connectivity index (χ0) is 21.4. The number of fused-ring (bicyclic) bond motifs is 1. The summed E-state index contributed by atoms with van der Waals surface area (Å²) in [5.41, 5.74) is 1.06. The molecule has 1 saturated heterocycles. The summed E-state index contributed by atoms with van der Waals surface area (Å²) in [5, 5.41) is 0. The molecule has 3 aliphatic rings.